The van der Waals surface area contributed by atoms with Crippen molar-refractivity contribution >= 4 is 35.0 Å². The predicted molar refractivity (Wildman–Crippen MR) is 86.9 cm³/mol. The number of rotatable bonds is 8. The third-order valence-electron chi connectivity index (χ3n) is 2.98. The lowest BCUT2D eigenvalue weighted by molar-refractivity contribution is -0.148. The number of nitrogens with zero attached hydrogens (tertiary/aromatic N) is 1. The van der Waals surface area contributed by atoms with Crippen LogP contribution >= 0.6 is 11.6 Å². The molecule has 1 aromatic rings. The number of nitriles is 1. The Hall–Kier alpha value is -2.72. The average Bonchev–Trinajstić information content (AvgIpc) is 2.53. The molecule has 0 spiro atoms. The van der Waals surface area contributed by atoms with Crippen molar-refractivity contribution in [3.63, 3.8) is 0 Å². The quantitative estimate of drug-likeness (QED) is 0.547. The van der Waals surface area contributed by atoms with Gasteiger partial charge in [0.2, 0.25) is 0 Å². The molecule has 0 heterocycles. The SMILES string of the molecule is CC(=N)C(C#N)C(=O)COC(=O)CCNC(=O)c1ccc(Cl)cc1. The highest BCUT2D eigenvalue weighted by atomic mass is 35.5. The molecule has 0 aromatic heterocycles. The van der Waals surface area contributed by atoms with Crippen LogP contribution < -0.4 is 5.32 Å². The Morgan fingerprint density at radius 1 is 1.33 bits per heavy atom. The lowest BCUT2D eigenvalue weighted by Crippen LogP contribution is -2.28. The van der Waals surface area contributed by atoms with Crippen LogP contribution in [-0.4, -0.2) is 36.5 Å². The number of carbonyl (C=O) groups excluding carboxylic acids is 3. The molecule has 7 nitrogen and oxygen atoms in total. The molecule has 8 heteroatoms. The lowest BCUT2D eigenvalue weighted by Gasteiger charge is -2.08. The molecular weight excluding hydrogens is 334 g/mol. The molecular formula is C16H16ClN3O4. The number of carbonyl (C=O) groups is 3. The van der Waals surface area contributed by atoms with E-state index in [1.165, 1.54) is 6.92 Å². The molecule has 0 saturated carbocycles. The number of hydrogen-bond donors (Lipinski definition) is 2. The molecule has 0 saturated heterocycles. The van der Waals surface area contributed by atoms with Crippen LogP contribution in [0.3, 0.4) is 0 Å². The minimum Gasteiger partial charge on any atom is -0.458 e. The highest BCUT2D eigenvalue weighted by Gasteiger charge is 2.21. The van der Waals surface area contributed by atoms with Crippen molar-refractivity contribution in [3.05, 3.63) is 34.9 Å². The first kappa shape index (κ1) is 19.3. The van der Waals surface area contributed by atoms with E-state index in [0.29, 0.717) is 10.6 Å². The maximum Gasteiger partial charge on any atom is 0.308 e. The standard InChI is InChI=1S/C16H16ClN3O4/c1-10(19)13(8-18)14(21)9-24-15(22)6-7-20-16(23)11-2-4-12(17)5-3-11/h2-5,13,19H,6-7,9H2,1H3,(H,20,23). The van der Waals surface area contributed by atoms with Crippen LogP contribution in [-0.2, 0) is 14.3 Å². The fourth-order valence-corrected chi connectivity index (χ4v) is 1.82. The Morgan fingerprint density at radius 3 is 2.50 bits per heavy atom. The minimum atomic E-state index is -1.21. The Kier molecular flexibility index (Phi) is 7.59. The number of benzene rings is 1. The normalized spacial score (nSPS) is 11.0. The summed E-state index contributed by atoms with van der Waals surface area (Å²) < 4.78 is 4.74. The highest BCUT2D eigenvalue weighted by Crippen LogP contribution is 2.09. The summed E-state index contributed by atoms with van der Waals surface area (Å²) in [5.41, 5.74) is 0.301. The summed E-state index contributed by atoms with van der Waals surface area (Å²) in [6.45, 7) is 0.804. The monoisotopic (exact) mass is 349 g/mol. The number of hydrogen-bond acceptors (Lipinski definition) is 6. The van der Waals surface area contributed by atoms with Gasteiger partial charge in [-0.25, -0.2) is 0 Å². The van der Waals surface area contributed by atoms with Gasteiger partial charge in [0, 0.05) is 22.8 Å². The second-order valence-corrected chi connectivity index (χ2v) is 5.32. The summed E-state index contributed by atoms with van der Waals surface area (Å²) in [6, 6.07) is 7.93. The molecule has 0 bridgehead atoms. The number of esters is 1. The average molecular weight is 350 g/mol. The van der Waals surface area contributed by atoms with Gasteiger partial charge in [-0.1, -0.05) is 11.6 Å². The molecule has 1 rings (SSSR count). The highest BCUT2D eigenvalue weighted by molar-refractivity contribution is 6.30. The molecule has 0 aliphatic rings. The Labute approximate surface area is 144 Å². The van der Waals surface area contributed by atoms with Gasteiger partial charge in [0.1, 0.15) is 5.92 Å². The van der Waals surface area contributed by atoms with E-state index in [4.69, 9.17) is 27.0 Å². The van der Waals surface area contributed by atoms with Crippen molar-refractivity contribution in [2.75, 3.05) is 13.2 Å². The number of nitrogens with one attached hydrogen (secondary N) is 2. The van der Waals surface area contributed by atoms with Crippen molar-refractivity contribution in [2.45, 2.75) is 13.3 Å². The lowest BCUT2D eigenvalue weighted by atomic mass is 10.0. The zero-order chi connectivity index (χ0) is 18.1. The van der Waals surface area contributed by atoms with Crippen LogP contribution in [0.15, 0.2) is 24.3 Å². The van der Waals surface area contributed by atoms with E-state index in [2.05, 4.69) is 5.32 Å². The topological polar surface area (TPSA) is 120 Å². The second kappa shape index (κ2) is 9.43. The molecule has 126 valence electrons. The first-order valence-corrected chi connectivity index (χ1v) is 7.39. The van der Waals surface area contributed by atoms with Crippen LogP contribution in [0.1, 0.15) is 23.7 Å². The van der Waals surface area contributed by atoms with Gasteiger partial charge in [0.05, 0.1) is 12.5 Å². The van der Waals surface area contributed by atoms with Crippen LogP contribution in [0, 0.1) is 22.7 Å². The van der Waals surface area contributed by atoms with Gasteiger partial charge in [-0.05, 0) is 31.2 Å². The second-order valence-electron chi connectivity index (χ2n) is 4.88. The maximum atomic E-state index is 11.8. The van der Waals surface area contributed by atoms with Gasteiger partial charge in [-0.2, -0.15) is 5.26 Å². The minimum absolute atomic E-state index is 0.0414. The molecule has 0 fully saturated rings. The third kappa shape index (κ3) is 6.18. The molecule has 0 aliphatic heterocycles. The van der Waals surface area contributed by atoms with E-state index < -0.39 is 24.3 Å². The van der Waals surface area contributed by atoms with E-state index >= 15 is 0 Å². The van der Waals surface area contributed by atoms with Crippen LogP contribution in [0.4, 0.5) is 0 Å². The molecule has 0 radical (unpaired) electrons. The molecule has 2 N–H and O–H groups in total. The first-order chi connectivity index (χ1) is 11.3. The van der Waals surface area contributed by atoms with Crippen LogP contribution in [0.2, 0.25) is 5.02 Å². The smallest absolute Gasteiger partial charge is 0.308 e. The van der Waals surface area contributed by atoms with E-state index in [1.54, 1.807) is 30.3 Å². The molecule has 1 unspecified atom stereocenters. The zero-order valence-corrected chi connectivity index (χ0v) is 13.7. The molecule has 24 heavy (non-hydrogen) atoms. The fourth-order valence-electron chi connectivity index (χ4n) is 1.70. The summed E-state index contributed by atoms with van der Waals surface area (Å²) in [5, 5.41) is 19.1. The van der Waals surface area contributed by atoms with Crippen LogP contribution in [0.25, 0.3) is 0 Å². The van der Waals surface area contributed by atoms with Crippen molar-refractivity contribution in [1.29, 1.82) is 10.7 Å². The van der Waals surface area contributed by atoms with Gasteiger partial charge in [-0.3, -0.25) is 14.4 Å². The zero-order valence-electron chi connectivity index (χ0n) is 13.0. The molecule has 1 aromatic carbocycles. The predicted octanol–water partition coefficient (Wildman–Crippen LogP) is 1.75. The van der Waals surface area contributed by atoms with Gasteiger partial charge < -0.3 is 15.5 Å². The van der Waals surface area contributed by atoms with Crippen molar-refractivity contribution in [3.8, 4) is 6.07 Å². The summed E-state index contributed by atoms with van der Waals surface area (Å²) in [5.74, 6) is -2.90. The Bertz CT molecular complexity index is 680. The third-order valence-corrected chi connectivity index (χ3v) is 3.23. The van der Waals surface area contributed by atoms with E-state index in [0.717, 1.165) is 0 Å². The number of amides is 1. The summed E-state index contributed by atoms with van der Waals surface area (Å²) in [4.78, 5) is 34.9. The number of halogens is 1. The summed E-state index contributed by atoms with van der Waals surface area (Å²) >= 11 is 5.72. The molecule has 0 aliphatic carbocycles. The van der Waals surface area contributed by atoms with E-state index in [-0.39, 0.29) is 24.6 Å². The van der Waals surface area contributed by atoms with Crippen LogP contribution in [0.5, 0.6) is 0 Å². The Balaban J connectivity index is 2.33. The van der Waals surface area contributed by atoms with E-state index in [9.17, 15) is 14.4 Å². The number of ether oxygens (including phenoxy) is 1. The maximum absolute atomic E-state index is 11.8. The number of Topliss-reactive ketones (excluding diaryl/α,β-unsaturated/α-hetero) is 1. The summed E-state index contributed by atoms with van der Waals surface area (Å²) in [6.07, 6.45) is -0.118. The van der Waals surface area contributed by atoms with Gasteiger partial charge in [0.25, 0.3) is 5.91 Å². The van der Waals surface area contributed by atoms with Crippen molar-refractivity contribution in [2.24, 2.45) is 5.92 Å². The molecule has 1 atom stereocenters. The van der Waals surface area contributed by atoms with Crippen molar-refractivity contribution in [1.82, 2.24) is 5.32 Å². The fraction of sp³-hybridized carbons (Fsp3) is 0.312. The van der Waals surface area contributed by atoms with E-state index in [1.807, 2.05) is 0 Å². The Morgan fingerprint density at radius 2 is 1.96 bits per heavy atom. The van der Waals surface area contributed by atoms with Gasteiger partial charge >= 0.3 is 5.97 Å². The molecule has 1 amide bonds. The summed E-state index contributed by atoms with van der Waals surface area (Å²) in [7, 11) is 0. The first-order valence-electron chi connectivity index (χ1n) is 7.02. The largest absolute Gasteiger partial charge is 0.458 e. The van der Waals surface area contributed by atoms with Gasteiger partial charge in [-0.15, -0.1) is 0 Å². The number of ketones is 1. The van der Waals surface area contributed by atoms with Gasteiger partial charge in [0.15, 0.2) is 12.4 Å². The van der Waals surface area contributed by atoms with Crippen molar-refractivity contribution < 1.29 is 19.1 Å².